The summed E-state index contributed by atoms with van der Waals surface area (Å²) in [6.07, 6.45) is 7.64. The van der Waals surface area contributed by atoms with Crippen LogP contribution in [-0.2, 0) is 4.74 Å². The third-order valence-electron chi connectivity index (χ3n) is 3.69. The lowest BCUT2D eigenvalue weighted by Gasteiger charge is -2.21. The van der Waals surface area contributed by atoms with Crippen molar-refractivity contribution in [1.82, 2.24) is 5.32 Å². The highest BCUT2D eigenvalue weighted by molar-refractivity contribution is 14.1. The molecule has 0 bridgehead atoms. The molecule has 0 radical (unpaired) electrons. The van der Waals surface area contributed by atoms with Gasteiger partial charge in [0, 0.05) is 21.2 Å². The van der Waals surface area contributed by atoms with E-state index in [2.05, 4.69) is 43.8 Å². The summed E-state index contributed by atoms with van der Waals surface area (Å²) in [5.41, 5.74) is 0.721. The average molecular weight is 466 g/mol. The highest BCUT2D eigenvalue weighted by Gasteiger charge is 2.13. The highest BCUT2D eigenvalue weighted by Crippen LogP contribution is 2.20. The lowest BCUT2D eigenvalue weighted by atomic mass is 9.98. The Morgan fingerprint density at radius 1 is 1.33 bits per heavy atom. The molecule has 0 atom stereocenters. The summed E-state index contributed by atoms with van der Waals surface area (Å²) in [6, 6.07) is 5.73. The van der Waals surface area contributed by atoms with Gasteiger partial charge in [-0.2, -0.15) is 0 Å². The molecule has 1 aromatic carbocycles. The number of carbonyl (C=O) groups excluding carboxylic acids is 1. The van der Waals surface area contributed by atoms with E-state index in [4.69, 9.17) is 4.74 Å². The van der Waals surface area contributed by atoms with Crippen LogP contribution in [-0.4, -0.2) is 25.2 Å². The molecule has 1 aliphatic carbocycles. The second-order valence-electron chi connectivity index (χ2n) is 5.36. The van der Waals surface area contributed by atoms with Crippen molar-refractivity contribution in [3.63, 3.8) is 0 Å². The van der Waals surface area contributed by atoms with Crippen LogP contribution in [0.4, 0.5) is 0 Å². The van der Waals surface area contributed by atoms with E-state index in [1.165, 1.54) is 32.1 Å². The zero-order valence-electron chi connectivity index (χ0n) is 12.0. The maximum atomic E-state index is 12.1. The summed E-state index contributed by atoms with van der Waals surface area (Å²) in [4.78, 5) is 12.1. The van der Waals surface area contributed by atoms with Crippen molar-refractivity contribution in [2.24, 2.45) is 0 Å². The summed E-state index contributed by atoms with van der Waals surface area (Å²) in [5.74, 6) is -0.0154. The predicted octanol–water partition coefficient (Wildman–Crippen LogP) is 4.52. The number of rotatable bonds is 6. The van der Waals surface area contributed by atoms with E-state index in [-0.39, 0.29) is 5.91 Å². The molecule has 1 aromatic rings. The first-order chi connectivity index (χ1) is 10.2. The van der Waals surface area contributed by atoms with E-state index in [1.54, 1.807) is 0 Å². The van der Waals surface area contributed by atoms with Crippen molar-refractivity contribution >= 4 is 44.4 Å². The predicted molar refractivity (Wildman–Crippen MR) is 96.6 cm³/mol. The third kappa shape index (κ3) is 5.87. The molecule has 0 spiro atoms. The molecule has 0 saturated heterocycles. The highest BCUT2D eigenvalue weighted by atomic mass is 127. The fourth-order valence-electron chi connectivity index (χ4n) is 2.52. The Hall–Kier alpha value is -0.140. The van der Waals surface area contributed by atoms with Crippen molar-refractivity contribution in [1.29, 1.82) is 0 Å². The molecule has 1 N–H and O–H groups in total. The number of ether oxygens (including phenoxy) is 1. The molecule has 0 aromatic heterocycles. The van der Waals surface area contributed by atoms with E-state index < -0.39 is 0 Å². The largest absolute Gasteiger partial charge is 0.378 e. The monoisotopic (exact) mass is 465 g/mol. The second-order valence-corrected chi connectivity index (χ2v) is 7.44. The van der Waals surface area contributed by atoms with Gasteiger partial charge in [-0.15, -0.1) is 0 Å². The Bertz CT molecular complexity index is 475. The van der Waals surface area contributed by atoms with Crippen LogP contribution < -0.4 is 5.32 Å². The maximum absolute atomic E-state index is 12.1. The quantitative estimate of drug-likeness (QED) is 0.495. The fourth-order valence-corrected chi connectivity index (χ4v) is 3.46. The average Bonchev–Trinajstić information content (AvgIpc) is 2.50. The number of hydrogen-bond donors (Lipinski definition) is 1. The Morgan fingerprint density at radius 2 is 2.10 bits per heavy atom. The van der Waals surface area contributed by atoms with Crippen LogP contribution in [0.25, 0.3) is 0 Å². The third-order valence-corrected chi connectivity index (χ3v) is 5.12. The molecule has 3 nitrogen and oxygen atoms in total. The molecule has 2 rings (SSSR count). The van der Waals surface area contributed by atoms with Gasteiger partial charge < -0.3 is 10.1 Å². The van der Waals surface area contributed by atoms with Crippen LogP contribution in [0.2, 0.25) is 0 Å². The van der Waals surface area contributed by atoms with Crippen LogP contribution in [0.3, 0.4) is 0 Å². The SMILES string of the molecule is O=C(NCCCOC1CCCCC1)c1cc(Br)ccc1I. The van der Waals surface area contributed by atoms with Crippen LogP contribution >= 0.6 is 38.5 Å². The van der Waals surface area contributed by atoms with E-state index >= 15 is 0 Å². The Labute approximate surface area is 148 Å². The molecule has 1 aliphatic rings. The summed E-state index contributed by atoms with van der Waals surface area (Å²) in [5, 5.41) is 2.96. The van der Waals surface area contributed by atoms with Crippen molar-refractivity contribution < 1.29 is 9.53 Å². The number of hydrogen-bond acceptors (Lipinski definition) is 2. The molecule has 0 unspecified atom stereocenters. The van der Waals surface area contributed by atoms with Gasteiger partial charge in [-0.05, 0) is 60.1 Å². The van der Waals surface area contributed by atoms with Gasteiger partial charge in [0.2, 0.25) is 0 Å². The van der Waals surface area contributed by atoms with Gasteiger partial charge in [0.05, 0.1) is 11.7 Å². The van der Waals surface area contributed by atoms with Crippen molar-refractivity contribution in [3.05, 3.63) is 31.8 Å². The van der Waals surface area contributed by atoms with Gasteiger partial charge >= 0.3 is 0 Å². The summed E-state index contributed by atoms with van der Waals surface area (Å²) < 4.78 is 7.74. The van der Waals surface area contributed by atoms with Crippen molar-refractivity contribution in [3.8, 4) is 0 Å². The van der Waals surface area contributed by atoms with E-state index in [1.807, 2.05) is 18.2 Å². The summed E-state index contributed by atoms with van der Waals surface area (Å²) in [6.45, 7) is 1.40. The fraction of sp³-hybridized carbons (Fsp3) is 0.562. The molecule has 5 heteroatoms. The number of benzene rings is 1. The maximum Gasteiger partial charge on any atom is 0.252 e. The minimum atomic E-state index is -0.0154. The zero-order valence-corrected chi connectivity index (χ0v) is 15.8. The van der Waals surface area contributed by atoms with E-state index in [9.17, 15) is 4.79 Å². The summed E-state index contributed by atoms with van der Waals surface area (Å²) in [7, 11) is 0. The van der Waals surface area contributed by atoms with Gasteiger partial charge in [-0.3, -0.25) is 4.79 Å². The molecular formula is C16H21BrINO2. The Kier molecular flexibility index (Phi) is 7.46. The first-order valence-electron chi connectivity index (χ1n) is 7.51. The number of halogens is 2. The molecule has 21 heavy (non-hydrogen) atoms. The van der Waals surface area contributed by atoms with Gasteiger partial charge in [0.15, 0.2) is 0 Å². The zero-order chi connectivity index (χ0) is 15.1. The topological polar surface area (TPSA) is 38.3 Å². The second kappa shape index (κ2) is 9.10. The lowest BCUT2D eigenvalue weighted by molar-refractivity contribution is 0.0273. The van der Waals surface area contributed by atoms with Gasteiger partial charge in [0.25, 0.3) is 5.91 Å². The van der Waals surface area contributed by atoms with Gasteiger partial charge in [-0.1, -0.05) is 35.2 Å². The summed E-state index contributed by atoms with van der Waals surface area (Å²) >= 11 is 5.58. The minimum absolute atomic E-state index is 0.0154. The van der Waals surface area contributed by atoms with Crippen LogP contribution in [0, 0.1) is 3.57 Å². The standard InChI is InChI=1S/C16H21BrINO2/c17-12-7-8-15(18)14(11-12)16(20)19-9-4-10-21-13-5-2-1-3-6-13/h7-8,11,13H,1-6,9-10H2,(H,19,20). The van der Waals surface area contributed by atoms with Crippen molar-refractivity contribution in [2.45, 2.75) is 44.6 Å². The molecule has 0 aliphatic heterocycles. The number of amides is 1. The van der Waals surface area contributed by atoms with Gasteiger partial charge in [0.1, 0.15) is 0 Å². The molecule has 116 valence electrons. The normalized spacial score (nSPS) is 15.9. The number of carbonyl (C=O) groups is 1. The van der Waals surface area contributed by atoms with E-state index in [0.29, 0.717) is 12.6 Å². The van der Waals surface area contributed by atoms with E-state index in [0.717, 1.165) is 26.6 Å². The Balaban J connectivity index is 1.66. The molecular weight excluding hydrogens is 445 g/mol. The molecule has 1 amide bonds. The first kappa shape index (κ1) is 17.2. The molecule has 0 heterocycles. The Morgan fingerprint density at radius 3 is 2.86 bits per heavy atom. The van der Waals surface area contributed by atoms with Crippen LogP contribution in [0.15, 0.2) is 22.7 Å². The van der Waals surface area contributed by atoms with Crippen LogP contribution in [0.5, 0.6) is 0 Å². The smallest absolute Gasteiger partial charge is 0.252 e. The minimum Gasteiger partial charge on any atom is -0.378 e. The van der Waals surface area contributed by atoms with Crippen molar-refractivity contribution in [2.75, 3.05) is 13.2 Å². The number of nitrogens with one attached hydrogen (secondary N) is 1. The molecule has 1 fully saturated rings. The van der Waals surface area contributed by atoms with Gasteiger partial charge in [-0.25, -0.2) is 0 Å². The first-order valence-corrected chi connectivity index (χ1v) is 9.39. The van der Waals surface area contributed by atoms with Crippen LogP contribution in [0.1, 0.15) is 48.9 Å². The lowest BCUT2D eigenvalue weighted by Crippen LogP contribution is -2.27. The molecule has 1 saturated carbocycles.